The first-order valence-electron chi connectivity index (χ1n) is 5.14. The molecule has 6 heteroatoms. The second kappa shape index (κ2) is 4.32. The minimum atomic E-state index is -0.490. The molecule has 0 aliphatic carbocycles. The third-order valence-electron chi connectivity index (χ3n) is 2.64. The van der Waals surface area contributed by atoms with Crippen LogP contribution in [0.25, 0.3) is 0 Å². The summed E-state index contributed by atoms with van der Waals surface area (Å²) < 4.78 is 0. The Balaban J connectivity index is 2.11. The normalized spacial score (nSPS) is 15.4. The van der Waals surface area contributed by atoms with E-state index in [-0.39, 0.29) is 36.9 Å². The van der Waals surface area contributed by atoms with Gasteiger partial charge in [0, 0.05) is 25.0 Å². The maximum absolute atomic E-state index is 11.4. The molecule has 0 spiro atoms. The molecule has 0 saturated carbocycles. The lowest BCUT2D eigenvalue weighted by Gasteiger charge is -2.13. The average Bonchev–Trinajstić information content (AvgIpc) is 2.61. The number of hydrogen-bond donors (Lipinski definition) is 0. The standard InChI is InChI=1S/C11H10N2O4/c14-10-5-6-11(15)12(10)7-8-1-3-9(4-2-8)13(16)17/h1-4H,5-7H2. The molecule has 0 bridgehead atoms. The van der Waals surface area contributed by atoms with Crippen molar-refractivity contribution in [3.63, 3.8) is 0 Å². The molecule has 1 aromatic rings. The van der Waals surface area contributed by atoms with Crippen molar-refractivity contribution in [3.05, 3.63) is 39.9 Å². The number of carbonyl (C=O) groups is 2. The highest BCUT2D eigenvalue weighted by molar-refractivity contribution is 6.01. The van der Waals surface area contributed by atoms with Crippen LogP contribution in [0.15, 0.2) is 24.3 Å². The Hall–Kier alpha value is -2.24. The lowest BCUT2D eigenvalue weighted by molar-refractivity contribution is -0.384. The number of non-ortho nitro benzene ring substituents is 1. The Labute approximate surface area is 97.0 Å². The van der Waals surface area contributed by atoms with Gasteiger partial charge < -0.3 is 0 Å². The van der Waals surface area contributed by atoms with E-state index in [1.165, 1.54) is 17.0 Å². The summed E-state index contributed by atoms with van der Waals surface area (Å²) in [6, 6.07) is 5.83. The van der Waals surface area contributed by atoms with Crippen LogP contribution in [-0.4, -0.2) is 21.6 Å². The van der Waals surface area contributed by atoms with Crippen molar-refractivity contribution in [1.29, 1.82) is 0 Å². The van der Waals surface area contributed by atoms with Crippen LogP contribution in [0, 0.1) is 10.1 Å². The van der Waals surface area contributed by atoms with Gasteiger partial charge in [-0.3, -0.25) is 24.6 Å². The molecule has 1 aromatic carbocycles. The second-order valence-electron chi connectivity index (χ2n) is 3.80. The van der Waals surface area contributed by atoms with E-state index in [1.807, 2.05) is 0 Å². The topological polar surface area (TPSA) is 80.5 Å². The highest BCUT2D eigenvalue weighted by Crippen LogP contribution is 2.18. The smallest absolute Gasteiger partial charge is 0.269 e. The fraction of sp³-hybridized carbons (Fsp3) is 0.273. The maximum Gasteiger partial charge on any atom is 0.269 e. The molecular weight excluding hydrogens is 224 g/mol. The number of nitrogens with zero attached hydrogens (tertiary/aromatic N) is 2. The van der Waals surface area contributed by atoms with Crippen LogP contribution in [0.4, 0.5) is 5.69 Å². The first-order chi connectivity index (χ1) is 8.08. The fourth-order valence-electron chi connectivity index (χ4n) is 1.70. The molecule has 0 aromatic heterocycles. The molecule has 1 fully saturated rings. The number of amides is 2. The molecular formula is C11H10N2O4. The molecule has 1 aliphatic heterocycles. The van der Waals surface area contributed by atoms with Gasteiger partial charge in [0.2, 0.25) is 11.8 Å². The second-order valence-corrected chi connectivity index (χ2v) is 3.80. The first kappa shape index (κ1) is 11.3. The number of likely N-dealkylation sites (tertiary alicyclic amines) is 1. The van der Waals surface area contributed by atoms with Gasteiger partial charge in [-0.25, -0.2) is 0 Å². The number of nitro groups is 1. The van der Waals surface area contributed by atoms with Gasteiger partial charge in [-0.2, -0.15) is 0 Å². The maximum atomic E-state index is 11.4. The van der Waals surface area contributed by atoms with Gasteiger partial charge in [0.1, 0.15) is 0 Å². The van der Waals surface area contributed by atoms with E-state index in [2.05, 4.69) is 0 Å². The van der Waals surface area contributed by atoms with Gasteiger partial charge in [-0.05, 0) is 5.56 Å². The van der Waals surface area contributed by atoms with Crippen LogP contribution in [0.2, 0.25) is 0 Å². The van der Waals surface area contributed by atoms with E-state index in [4.69, 9.17) is 0 Å². The SMILES string of the molecule is O=C1CCC(=O)N1Cc1ccc([N+](=O)[O-])cc1. The van der Waals surface area contributed by atoms with Crippen molar-refractivity contribution in [2.24, 2.45) is 0 Å². The monoisotopic (exact) mass is 234 g/mol. The van der Waals surface area contributed by atoms with Crippen LogP contribution in [0.1, 0.15) is 18.4 Å². The quantitative estimate of drug-likeness (QED) is 0.447. The van der Waals surface area contributed by atoms with E-state index in [0.29, 0.717) is 5.56 Å². The minimum absolute atomic E-state index is 0.00664. The molecule has 88 valence electrons. The molecule has 0 unspecified atom stereocenters. The van der Waals surface area contributed by atoms with Gasteiger partial charge in [0.05, 0.1) is 11.5 Å². The molecule has 0 N–H and O–H groups in total. The third-order valence-corrected chi connectivity index (χ3v) is 2.64. The number of rotatable bonds is 3. The van der Waals surface area contributed by atoms with E-state index in [1.54, 1.807) is 12.1 Å². The molecule has 1 heterocycles. The van der Waals surface area contributed by atoms with Gasteiger partial charge in [-0.1, -0.05) is 12.1 Å². The van der Waals surface area contributed by atoms with E-state index < -0.39 is 4.92 Å². The Bertz CT molecular complexity index is 465. The molecule has 1 aliphatic rings. The summed E-state index contributed by atoms with van der Waals surface area (Å²) in [6.45, 7) is 0.190. The zero-order valence-corrected chi connectivity index (χ0v) is 8.96. The highest BCUT2D eigenvalue weighted by Gasteiger charge is 2.28. The van der Waals surface area contributed by atoms with Gasteiger partial charge in [0.25, 0.3) is 5.69 Å². The first-order valence-corrected chi connectivity index (χ1v) is 5.14. The summed E-state index contributed by atoms with van der Waals surface area (Å²) in [5, 5.41) is 10.4. The number of carbonyl (C=O) groups excluding carboxylic acids is 2. The lowest BCUT2D eigenvalue weighted by atomic mass is 10.2. The highest BCUT2D eigenvalue weighted by atomic mass is 16.6. The average molecular weight is 234 g/mol. The molecule has 0 radical (unpaired) electrons. The summed E-state index contributed by atoms with van der Waals surface area (Å²) >= 11 is 0. The van der Waals surface area contributed by atoms with Crippen molar-refractivity contribution in [3.8, 4) is 0 Å². The number of benzene rings is 1. The Morgan fingerprint density at radius 3 is 2.12 bits per heavy atom. The number of hydrogen-bond acceptors (Lipinski definition) is 4. The van der Waals surface area contributed by atoms with Crippen molar-refractivity contribution in [2.45, 2.75) is 19.4 Å². The van der Waals surface area contributed by atoms with E-state index >= 15 is 0 Å². The Kier molecular flexibility index (Phi) is 2.86. The van der Waals surface area contributed by atoms with E-state index in [0.717, 1.165) is 0 Å². The predicted molar refractivity (Wildman–Crippen MR) is 57.9 cm³/mol. The summed E-state index contributed by atoms with van der Waals surface area (Å²) in [6.07, 6.45) is 0.512. The minimum Gasteiger partial charge on any atom is -0.278 e. The van der Waals surface area contributed by atoms with Crippen molar-refractivity contribution in [1.82, 2.24) is 4.90 Å². The summed E-state index contributed by atoms with van der Waals surface area (Å²) in [5.74, 6) is -0.373. The van der Waals surface area contributed by atoms with Gasteiger partial charge >= 0.3 is 0 Å². The van der Waals surface area contributed by atoms with Crippen LogP contribution in [-0.2, 0) is 16.1 Å². The molecule has 6 nitrogen and oxygen atoms in total. The number of imide groups is 1. The molecule has 1 saturated heterocycles. The Morgan fingerprint density at radius 2 is 1.65 bits per heavy atom. The predicted octanol–water partition coefficient (Wildman–Crippen LogP) is 1.24. The van der Waals surface area contributed by atoms with E-state index in [9.17, 15) is 19.7 Å². The third kappa shape index (κ3) is 2.30. The fourth-order valence-corrected chi connectivity index (χ4v) is 1.70. The summed E-state index contributed by atoms with van der Waals surface area (Å²) in [7, 11) is 0. The number of nitro benzene ring substituents is 1. The Morgan fingerprint density at radius 1 is 1.12 bits per heavy atom. The van der Waals surface area contributed by atoms with Crippen molar-refractivity contribution in [2.75, 3.05) is 0 Å². The van der Waals surface area contributed by atoms with Crippen LogP contribution < -0.4 is 0 Å². The zero-order valence-electron chi connectivity index (χ0n) is 8.96. The van der Waals surface area contributed by atoms with Gasteiger partial charge in [-0.15, -0.1) is 0 Å². The van der Waals surface area contributed by atoms with Crippen LogP contribution in [0.3, 0.4) is 0 Å². The molecule has 0 atom stereocenters. The largest absolute Gasteiger partial charge is 0.278 e. The summed E-state index contributed by atoms with van der Waals surface area (Å²) in [5.41, 5.74) is 0.701. The molecule has 2 amide bonds. The van der Waals surface area contributed by atoms with Gasteiger partial charge in [0.15, 0.2) is 0 Å². The molecule has 17 heavy (non-hydrogen) atoms. The zero-order chi connectivity index (χ0) is 12.4. The van der Waals surface area contributed by atoms with Crippen LogP contribution in [0.5, 0.6) is 0 Å². The van der Waals surface area contributed by atoms with Crippen molar-refractivity contribution >= 4 is 17.5 Å². The van der Waals surface area contributed by atoms with Crippen LogP contribution >= 0.6 is 0 Å². The van der Waals surface area contributed by atoms with Crippen molar-refractivity contribution < 1.29 is 14.5 Å². The lowest BCUT2D eigenvalue weighted by Crippen LogP contribution is -2.28. The summed E-state index contributed by atoms with van der Waals surface area (Å²) in [4.78, 5) is 33.9. The molecule has 2 rings (SSSR count).